The van der Waals surface area contributed by atoms with Gasteiger partial charge in [0.1, 0.15) is 0 Å². The number of hydrogen-bond acceptors (Lipinski definition) is 3. The van der Waals surface area contributed by atoms with Crippen LogP contribution in [0.3, 0.4) is 0 Å². The van der Waals surface area contributed by atoms with Crippen LogP contribution in [-0.2, 0) is 18.3 Å². The van der Waals surface area contributed by atoms with Gasteiger partial charge in [-0.05, 0) is 49.3 Å². The van der Waals surface area contributed by atoms with Gasteiger partial charge in [0.25, 0.3) is 0 Å². The number of halogens is 4. The molecule has 1 fully saturated rings. The molecule has 0 radical (unpaired) electrons. The first-order valence-corrected chi connectivity index (χ1v) is 13.8. The second kappa shape index (κ2) is 11.4. The number of thioether (sulfide) groups is 1. The van der Waals surface area contributed by atoms with E-state index in [4.69, 9.17) is 4.98 Å². The number of benzene rings is 2. The van der Waals surface area contributed by atoms with Gasteiger partial charge in [-0.15, -0.1) is 0 Å². The van der Waals surface area contributed by atoms with Crippen molar-refractivity contribution < 1.29 is 17.6 Å². The summed E-state index contributed by atoms with van der Waals surface area (Å²) in [6.07, 6.45) is 6.91. The van der Waals surface area contributed by atoms with Gasteiger partial charge in [0, 0.05) is 40.5 Å². The van der Waals surface area contributed by atoms with Gasteiger partial charge in [-0.1, -0.05) is 69.3 Å². The monoisotopic (exact) mass is 528 g/mol. The van der Waals surface area contributed by atoms with E-state index in [-0.39, 0.29) is 0 Å². The first-order chi connectivity index (χ1) is 17.7. The molecule has 7 heteroatoms. The summed E-state index contributed by atoms with van der Waals surface area (Å²) in [5.41, 5.74) is 2.27. The highest BCUT2D eigenvalue weighted by atomic mass is 32.2. The molecule has 2 aromatic carbocycles. The van der Waals surface area contributed by atoms with Crippen LogP contribution < -0.4 is 0 Å². The molecule has 196 valence electrons. The fraction of sp³-hybridized carbons (Fsp3) is 0.400. The van der Waals surface area contributed by atoms with Crippen molar-refractivity contribution in [2.24, 2.45) is 0 Å². The summed E-state index contributed by atoms with van der Waals surface area (Å²) < 4.78 is 58.1. The summed E-state index contributed by atoms with van der Waals surface area (Å²) in [6, 6.07) is 8.53. The topological polar surface area (TPSA) is 25.8 Å². The van der Waals surface area contributed by atoms with E-state index in [0.29, 0.717) is 16.3 Å². The molecule has 2 nitrogen and oxygen atoms in total. The third-order valence-corrected chi connectivity index (χ3v) is 8.44. The average molecular weight is 529 g/mol. The van der Waals surface area contributed by atoms with Gasteiger partial charge < -0.3 is 0 Å². The van der Waals surface area contributed by atoms with Gasteiger partial charge in [0.2, 0.25) is 0 Å². The lowest BCUT2D eigenvalue weighted by Crippen LogP contribution is -2.27. The van der Waals surface area contributed by atoms with Crippen LogP contribution in [0.1, 0.15) is 79.5 Å². The van der Waals surface area contributed by atoms with Crippen molar-refractivity contribution in [3.8, 4) is 0 Å². The van der Waals surface area contributed by atoms with Gasteiger partial charge in [-0.2, -0.15) is 0 Å². The molecule has 0 unspecified atom stereocenters. The maximum absolute atomic E-state index is 14.7. The Labute approximate surface area is 220 Å². The van der Waals surface area contributed by atoms with Crippen molar-refractivity contribution in [2.45, 2.75) is 76.3 Å². The van der Waals surface area contributed by atoms with Gasteiger partial charge in [-0.3, -0.25) is 0 Å². The molecule has 1 aromatic heterocycles. The van der Waals surface area contributed by atoms with E-state index >= 15 is 0 Å². The Hall–Kier alpha value is -2.67. The van der Waals surface area contributed by atoms with Crippen molar-refractivity contribution >= 4 is 17.3 Å². The molecule has 0 atom stereocenters. The molecule has 0 bridgehead atoms. The van der Waals surface area contributed by atoms with Crippen molar-refractivity contribution in [1.82, 2.24) is 9.97 Å². The third kappa shape index (κ3) is 5.20. The van der Waals surface area contributed by atoms with Crippen molar-refractivity contribution in [1.29, 1.82) is 0 Å². The lowest BCUT2D eigenvalue weighted by Gasteiger charge is -2.32. The molecule has 1 aliphatic carbocycles. The van der Waals surface area contributed by atoms with E-state index in [1.165, 1.54) is 5.56 Å². The van der Waals surface area contributed by atoms with Crippen LogP contribution in [0, 0.1) is 30.2 Å². The first kappa shape index (κ1) is 27.4. The van der Waals surface area contributed by atoms with E-state index in [9.17, 15) is 17.6 Å². The van der Waals surface area contributed by atoms with Crippen LogP contribution in [-0.4, -0.2) is 15.7 Å². The largest absolute Gasteiger partial charge is 0.230 e. The molecule has 4 rings (SSSR count). The average Bonchev–Trinajstić information content (AvgIpc) is 3.43. The Morgan fingerprint density at radius 2 is 1.59 bits per heavy atom. The smallest absolute Gasteiger partial charge is 0.187 e. The molecule has 1 saturated carbocycles. The third-order valence-electron chi connectivity index (χ3n) is 7.37. The Morgan fingerprint density at radius 1 is 0.973 bits per heavy atom. The summed E-state index contributed by atoms with van der Waals surface area (Å²) in [6.45, 7) is 9.31. The summed E-state index contributed by atoms with van der Waals surface area (Å²) in [5, 5.41) is 0.634. The second-order valence-electron chi connectivity index (χ2n) is 9.74. The molecule has 0 N–H and O–H groups in total. The minimum atomic E-state index is -1.39. The standard InChI is InChI=1S/C30H32F4N2S/c1-5-15-37-29-35-17-23(18(3)16-22-26(33)24(31)19(4)25(32)27(22)34)28(36-29)30(13-7-8-14-30)21-11-9-20(6-2)10-12-21/h9-12,17H,3,5-8,13-16H2,1-2,4H3. The molecule has 37 heavy (non-hydrogen) atoms. The van der Waals surface area contributed by atoms with Crippen molar-refractivity contribution in [2.75, 3.05) is 5.75 Å². The summed E-state index contributed by atoms with van der Waals surface area (Å²) in [7, 11) is 0. The molecule has 3 aromatic rings. The number of allylic oxidation sites excluding steroid dienone is 1. The SMILES string of the molecule is C=C(Cc1c(F)c(F)c(C)c(F)c1F)c1cnc(SCCC)nc1C1(c2ccc(CC)cc2)CCCC1. The maximum Gasteiger partial charge on any atom is 0.187 e. The highest BCUT2D eigenvalue weighted by molar-refractivity contribution is 7.99. The summed E-state index contributed by atoms with van der Waals surface area (Å²) >= 11 is 1.56. The first-order valence-electron chi connectivity index (χ1n) is 12.8. The van der Waals surface area contributed by atoms with Crippen molar-refractivity contribution in [3.63, 3.8) is 0 Å². The number of aromatic nitrogens is 2. The highest BCUT2D eigenvalue weighted by Gasteiger charge is 2.41. The van der Waals surface area contributed by atoms with Crippen LogP contribution in [0.5, 0.6) is 0 Å². The lowest BCUT2D eigenvalue weighted by molar-refractivity contribution is 0.434. The Balaban J connectivity index is 1.84. The summed E-state index contributed by atoms with van der Waals surface area (Å²) in [4.78, 5) is 9.51. The van der Waals surface area contributed by atoms with Gasteiger partial charge in [-0.25, -0.2) is 27.5 Å². The quantitative estimate of drug-likeness (QED) is 0.120. The number of nitrogens with zero attached hydrogens (tertiary/aromatic N) is 2. The predicted molar refractivity (Wildman–Crippen MR) is 142 cm³/mol. The lowest BCUT2D eigenvalue weighted by atomic mass is 9.73. The highest BCUT2D eigenvalue weighted by Crippen LogP contribution is 2.48. The fourth-order valence-electron chi connectivity index (χ4n) is 5.20. The Kier molecular flexibility index (Phi) is 8.42. The normalized spacial score (nSPS) is 14.8. The van der Waals surface area contributed by atoms with Crippen LogP contribution in [0.2, 0.25) is 0 Å². The fourth-order valence-corrected chi connectivity index (χ4v) is 5.87. The number of aryl methyl sites for hydroxylation is 1. The predicted octanol–water partition coefficient (Wildman–Crippen LogP) is 8.52. The molecule has 0 amide bonds. The van der Waals surface area contributed by atoms with Crippen LogP contribution in [0.25, 0.3) is 5.57 Å². The van der Waals surface area contributed by atoms with Gasteiger partial charge >= 0.3 is 0 Å². The Bertz CT molecular complexity index is 1270. The Morgan fingerprint density at radius 3 is 2.16 bits per heavy atom. The van der Waals surface area contributed by atoms with E-state index < -0.39 is 46.2 Å². The molecular weight excluding hydrogens is 496 g/mol. The molecule has 0 saturated heterocycles. The van der Waals surface area contributed by atoms with Gasteiger partial charge in [0.15, 0.2) is 28.4 Å². The van der Waals surface area contributed by atoms with Crippen LogP contribution in [0.15, 0.2) is 42.2 Å². The van der Waals surface area contributed by atoms with Crippen molar-refractivity contribution in [3.05, 3.63) is 93.8 Å². The zero-order chi connectivity index (χ0) is 26.7. The summed E-state index contributed by atoms with van der Waals surface area (Å²) in [5.74, 6) is -4.68. The number of rotatable bonds is 9. The van der Waals surface area contributed by atoms with E-state index in [1.807, 2.05) is 0 Å². The minimum Gasteiger partial charge on any atom is -0.230 e. The molecule has 1 aliphatic rings. The molecule has 0 spiro atoms. The minimum absolute atomic E-state index is 0.318. The maximum atomic E-state index is 14.7. The zero-order valence-electron chi connectivity index (χ0n) is 21.6. The molecule has 0 aliphatic heterocycles. The van der Waals surface area contributed by atoms with Crippen LogP contribution >= 0.6 is 11.8 Å². The zero-order valence-corrected chi connectivity index (χ0v) is 22.4. The molecular formula is C30H32F4N2S. The van der Waals surface area contributed by atoms with E-state index in [2.05, 4.69) is 49.7 Å². The van der Waals surface area contributed by atoms with E-state index in [0.717, 1.165) is 62.5 Å². The molecule has 1 heterocycles. The van der Waals surface area contributed by atoms with E-state index in [1.54, 1.807) is 18.0 Å². The number of hydrogen-bond donors (Lipinski definition) is 0. The van der Waals surface area contributed by atoms with Gasteiger partial charge in [0.05, 0.1) is 5.69 Å². The second-order valence-corrected chi connectivity index (χ2v) is 10.8. The van der Waals surface area contributed by atoms with Crippen LogP contribution in [0.4, 0.5) is 17.6 Å².